The summed E-state index contributed by atoms with van der Waals surface area (Å²) in [5.74, 6) is -4.54. The number of esters is 1. The van der Waals surface area contributed by atoms with E-state index in [1.54, 1.807) is 62.3 Å². The Bertz CT molecular complexity index is 1300. The number of rotatable bonds is 7. The number of hydrogen-bond acceptors (Lipinski definition) is 15. The Hall–Kier alpha value is -1.95. The second-order valence-corrected chi connectivity index (χ2v) is 16.9. The lowest BCUT2D eigenvalue weighted by atomic mass is 9.74. The number of cyclic esters (lactones) is 1. The van der Waals surface area contributed by atoms with Crippen LogP contribution in [0.1, 0.15) is 94.9 Å². The standard InChI is InChI=1S/C38H65NO14/c1-14-25-38(10)32(52-35(44)53-38)20(4)27(40)18(2)16-36(8,45)31(51-34-28(41)24(39(11)12)15-19(3)47-34)21(5)29(22(6)33(43)49-25)50-26-17-37(9,46-13)30(42)23(7)48-26/h18-26,28-32,34,41-42,45H,14-17H2,1-13H3/t18-,19-,20+,21+,22-,23+,24+,25-,26+,28-,29?,30+,31-,32?,34+,36-,37-,38?/m1/s1. The Morgan fingerprint density at radius 1 is 0.906 bits per heavy atom. The fourth-order valence-electron chi connectivity index (χ4n) is 9.03. The SMILES string of the molecule is CC[C@H]1OC(=O)[C@H](C)C(O[C@H]2C[C@@](C)(OC)[C@@H](O)[C@H](C)O2)[C@H](C)[C@@H](O[C@@H]2O[C@H](C)C[C@H](N(C)C)[C@H]2O)[C@](C)(O)C[C@@H](C)C(=O)[C@H](C)C2OC(=O)OC21C. The normalized spacial score (nSPS) is 49.1. The number of methoxy groups -OCH3 is 1. The largest absolute Gasteiger partial charge is 0.509 e. The zero-order valence-electron chi connectivity index (χ0n) is 33.8. The van der Waals surface area contributed by atoms with Gasteiger partial charge in [-0.2, -0.15) is 0 Å². The molecule has 15 heteroatoms. The van der Waals surface area contributed by atoms with Gasteiger partial charge in [-0.1, -0.05) is 27.7 Å². The zero-order valence-corrected chi connectivity index (χ0v) is 33.8. The first-order chi connectivity index (χ1) is 24.5. The monoisotopic (exact) mass is 759 g/mol. The van der Waals surface area contributed by atoms with Gasteiger partial charge in [-0.15, -0.1) is 0 Å². The van der Waals surface area contributed by atoms with Crippen molar-refractivity contribution in [2.45, 2.75) is 179 Å². The van der Waals surface area contributed by atoms with Crippen molar-refractivity contribution in [3.63, 3.8) is 0 Å². The van der Waals surface area contributed by atoms with Gasteiger partial charge in [0.05, 0.1) is 47.5 Å². The molecule has 0 spiro atoms. The molecular weight excluding hydrogens is 694 g/mol. The quantitative estimate of drug-likeness (QED) is 0.321. The van der Waals surface area contributed by atoms with E-state index in [-0.39, 0.29) is 37.2 Å². The van der Waals surface area contributed by atoms with Crippen LogP contribution in [0.3, 0.4) is 0 Å². The Labute approximate surface area is 314 Å². The second-order valence-electron chi connectivity index (χ2n) is 16.9. The zero-order chi connectivity index (χ0) is 40.0. The molecule has 0 aromatic carbocycles. The van der Waals surface area contributed by atoms with E-state index in [1.807, 2.05) is 25.9 Å². The molecule has 0 amide bonds. The lowest BCUT2D eigenvalue weighted by molar-refractivity contribution is -0.318. The van der Waals surface area contributed by atoms with E-state index in [1.165, 1.54) is 7.11 Å². The van der Waals surface area contributed by atoms with Crippen molar-refractivity contribution in [1.82, 2.24) is 4.90 Å². The number of Topliss-reactive ketones (excluding diaryl/α,β-unsaturated/α-hetero) is 1. The van der Waals surface area contributed by atoms with Crippen molar-refractivity contribution >= 4 is 17.9 Å². The molecule has 306 valence electrons. The van der Waals surface area contributed by atoms with Crippen LogP contribution in [0.15, 0.2) is 0 Å². The van der Waals surface area contributed by atoms with Crippen LogP contribution in [-0.4, -0.2) is 144 Å². The smallest absolute Gasteiger partial charge is 0.458 e. The van der Waals surface area contributed by atoms with E-state index in [2.05, 4.69) is 0 Å². The van der Waals surface area contributed by atoms with Crippen molar-refractivity contribution in [1.29, 1.82) is 0 Å². The van der Waals surface area contributed by atoms with Gasteiger partial charge >= 0.3 is 12.1 Å². The van der Waals surface area contributed by atoms with Crippen LogP contribution in [0.4, 0.5) is 4.79 Å². The summed E-state index contributed by atoms with van der Waals surface area (Å²) in [4.78, 5) is 43.0. The molecule has 0 aromatic rings. The number of carbonyl (C=O) groups is 3. The maximum Gasteiger partial charge on any atom is 0.509 e. The Morgan fingerprint density at radius 2 is 1.55 bits per heavy atom. The van der Waals surface area contributed by atoms with Crippen LogP contribution < -0.4 is 0 Å². The molecule has 0 aromatic heterocycles. The summed E-state index contributed by atoms with van der Waals surface area (Å²) in [5, 5.41) is 34.9. The molecule has 4 saturated heterocycles. The highest BCUT2D eigenvalue weighted by Gasteiger charge is 2.59. The molecule has 53 heavy (non-hydrogen) atoms. The predicted octanol–water partition coefficient (Wildman–Crippen LogP) is 2.97. The van der Waals surface area contributed by atoms with Crippen molar-refractivity contribution in [2.75, 3.05) is 21.2 Å². The maximum absolute atomic E-state index is 14.3. The van der Waals surface area contributed by atoms with E-state index < -0.39 is 108 Å². The van der Waals surface area contributed by atoms with Crippen LogP contribution in [0.2, 0.25) is 0 Å². The van der Waals surface area contributed by atoms with E-state index in [0.29, 0.717) is 6.42 Å². The van der Waals surface area contributed by atoms with Crippen molar-refractivity contribution < 1.29 is 67.6 Å². The first-order valence-corrected chi connectivity index (χ1v) is 19.1. The molecule has 0 radical (unpaired) electrons. The number of ketones is 1. The first kappa shape index (κ1) is 43.8. The minimum absolute atomic E-state index is 0.0996. The van der Waals surface area contributed by atoms with Gasteiger partial charge in [0.1, 0.15) is 24.1 Å². The summed E-state index contributed by atoms with van der Waals surface area (Å²) in [6.45, 7) is 16.9. The number of ether oxygens (including phenoxy) is 8. The maximum atomic E-state index is 14.3. The summed E-state index contributed by atoms with van der Waals surface area (Å²) in [6, 6.07) is -0.322. The summed E-state index contributed by atoms with van der Waals surface area (Å²) < 4.78 is 48.7. The molecule has 0 saturated carbocycles. The lowest BCUT2D eigenvalue weighted by Gasteiger charge is -2.49. The van der Waals surface area contributed by atoms with Crippen LogP contribution in [0.5, 0.6) is 0 Å². The molecule has 4 rings (SSSR count). The molecule has 3 N–H and O–H groups in total. The van der Waals surface area contributed by atoms with Crippen molar-refractivity contribution in [3.05, 3.63) is 0 Å². The molecule has 4 fully saturated rings. The predicted molar refractivity (Wildman–Crippen MR) is 189 cm³/mol. The van der Waals surface area contributed by atoms with Gasteiger partial charge in [0.2, 0.25) is 0 Å². The molecule has 0 bridgehead atoms. The van der Waals surface area contributed by atoms with Gasteiger partial charge in [0, 0.05) is 31.4 Å². The molecular formula is C38H65NO14. The highest BCUT2D eigenvalue weighted by molar-refractivity contribution is 5.84. The average Bonchev–Trinajstić information content (AvgIpc) is 3.40. The van der Waals surface area contributed by atoms with Crippen LogP contribution in [0, 0.1) is 23.7 Å². The fourth-order valence-corrected chi connectivity index (χ4v) is 9.03. The third-order valence-corrected chi connectivity index (χ3v) is 12.3. The number of aliphatic hydroxyl groups excluding tert-OH is 2. The van der Waals surface area contributed by atoms with E-state index in [0.717, 1.165) is 0 Å². The molecule has 15 nitrogen and oxygen atoms in total. The fraction of sp³-hybridized carbons (Fsp3) is 0.921. The summed E-state index contributed by atoms with van der Waals surface area (Å²) in [7, 11) is 5.20. The van der Waals surface area contributed by atoms with Gasteiger partial charge in [-0.05, 0) is 74.9 Å². The van der Waals surface area contributed by atoms with E-state index >= 15 is 0 Å². The molecule has 4 aliphatic rings. The van der Waals surface area contributed by atoms with Crippen molar-refractivity contribution in [2.24, 2.45) is 23.7 Å². The van der Waals surface area contributed by atoms with Gasteiger partial charge in [-0.25, -0.2) is 4.79 Å². The highest BCUT2D eigenvalue weighted by atomic mass is 16.8. The van der Waals surface area contributed by atoms with Gasteiger partial charge < -0.3 is 58.1 Å². The number of aliphatic hydroxyl groups is 3. The summed E-state index contributed by atoms with van der Waals surface area (Å²) in [5.41, 5.74) is -4.33. The summed E-state index contributed by atoms with van der Waals surface area (Å²) in [6.07, 6.45) is -9.81. The lowest BCUT2D eigenvalue weighted by Crippen LogP contribution is -2.61. The van der Waals surface area contributed by atoms with Crippen LogP contribution >= 0.6 is 0 Å². The molecule has 18 atom stereocenters. The minimum atomic E-state index is -1.78. The van der Waals surface area contributed by atoms with E-state index in [4.69, 9.17) is 37.9 Å². The highest BCUT2D eigenvalue weighted by Crippen LogP contribution is 2.43. The Morgan fingerprint density at radius 3 is 2.13 bits per heavy atom. The number of hydrogen-bond donors (Lipinski definition) is 3. The molecule has 0 aliphatic carbocycles. The van der Waals surface area contributed by atoms with Crippen molar-refractivity contribution in [3.8, 4) is 0 Å². The minimum Gasteiger partial charge on any atom is -0.458 e. The van der Waals surface area contributed by atoms with Crippen LogP contribution in [0.25, 0.3) is 0 Å². The van der Waals surface area contributed by atoms with Crippen LogP contribution in [-0.2, 0) is 47.5 Å². The molecule has 4 heterocycles. The molecule has 4 aliphatic heterocycles. The third kappa shape index (κ3) is 8.88. The number of nitrogens with zero attached hydrogens (tertiary/aromatic N) is 1. The molecule has 3 unspecified atom stereocenters. The average molecular weight is 760 g/mol. The Balaban J connectivity index is 1.84. The third-order valence-electron chi connectivity index (χ3n) is 12.3. The second kappa shape index (κ2) is 16.6. The van der Waals surface area contributed by atoms with Gasteiger partial charge in [-0.3, -0.25) is 9.59 Å². The van der Waals surface area contributed by atoms with Gasteiger partial charge in [0.15, 0.2) is 24.3 Å². The van der Waals surface area contributed by atoms with E-state index in [9.17, 15) is 29.7 Å². The first-order valence-electron chi connectivity index (χ1n) is 19.1. The number of carbonyl (C=O) groups excluding carboxylic acids is 3. The summed E-state index contributed by atoms with van der Waals surface area (Å²) >= 11 is 0. The topological polar surface area (TPSA) is 189 Å². The number of likely N-dealkylation sites (N-methyl/N-ethyl adjacent to an activating group) is 1. The van der Waals surface area contributed by atoms with Gasteiger partial charge in [0.25, 0.3) is 0 Å². The number of fused-ring (bicyclic) bond motifs is 1. The Kier molecular flexibility index (Phi) is 13.7.